The Morgan fingerprint density at radius 3 is 1.54 bits per heavy atom. The number of nitrogens with zero attached hydrogens (tertiary/aromatic N) is 2. The minimum Gasteiger partial charge on any atom is -0.228 e. The van der Waals surface area contributed by atoms with Gasteiger partial charge in [-0.2, -0.15) is 0 Å². The van der Waals surface area contributed by atoms with Crippen molar-refractivity contribution < 1.29 is 0 Å². The van der Waals surface area contributed by atoms with Crippen molar-refractivity contribution in [1.82, 2.24) is 9.97 Å². The quantitative estimate of drug-likeness (QED) is 0.176. The van der Waals surface area contributed by atoms with Crippen LogP contribution < -0.4 is 0 Å². The van der Waals surface area contributed by atoms with Crippen molar-refractivity contribution in [1.29, 1.82) is 0 Å². The lowest BCUT2D eigenvalue weighted by molar-refractivity contribution is 0.353. The van der Waals surface area contributed by atoms with E-state index >= 15 is 0 Å². The van der Waals surface area contributed by atoms with Gasteiger partial charge in [-0.15, -0.1) is 0 Å². The van der Waals surface area contributed by atoms with Crippen molar-refractivity contribution in [2.75, 3.05) is 0 Å². The van der Waals surface area contributed by atoms with Crippen molar-refractivity contribution in [3.8, 4) is 78.4 Å². The summed E-state index contributed by atoms with van der Waals surface area (Å²) in [5.74, 6) is 0.722. The molecule has 7 aromatic carbocycles. The van der Waals surface area contributed by atoms with Gasteiger partial charge in [0.05, 0.1) is 11.4 Å². The van der Waals surface area contributed by atoms with Gasteiger partial charge in [0.25, 0.3) is 0 Å². The topological polar surface area (TPSA) is 25.8 Å². The number of hydrogen-bond acceptors (Lipinski definition) is 2. The summed E-state index contributed by atoms with van der Waals surface area (Å²) in [6.07, 6.45) is 6.45. The lowest BCUT2D eigenvalue weighted by Crippen LogP contribution is -2.28. The molecule has 0 saturated heterocycles. The highest BCUT2D eigenvalue weighted by Crippen LogP contribution is 2.60. The monoisotopic (exact) mass is 732 g/mol. The van der Waals surface area contributed by atoms with Crippen molar-refractivity contribution in [3.05, 3.63) is 192 Å². The Balaban J connectivity index is 0.961. The Morgan fingerprint density at radius 1 is 0.351 bits per heavy atom. The van der Waals surface area contributed by atoms with Crippen molar-refractivity contribution in [2.45, 2.75) is 56.8 Å². The molecular formula is C55H44N2. The molecule has 3 aliphatic rings. The van der Waals surface area contributed by atoms with Gasteiger partial charge < -0.3 is 0 Å². The summed E-state index contributed by atoms with van der Waals surface area (Å²) >= 11 is 0. The first-order valence-corrected chi connectivity index (χ1v) is 20.6. The molecule has 57 heavy (non-hydrogen) atoms. The van der Waals surface area contributed by atoms with Crippen molar-refractivity contribution >= 4 is 0 Å². The fraction of sp³-hybridized carbons (Fsp3) is 0.164. The van der Waals surface area contributed by atoms with Crippen molar-refractivity contribution in [3.63, 3.8) is 0 Å². The normalized spacial score (nSPS) is 15.5. The fourth-order valence-corrected chi connectivity index (χ4v) is 10.3. The summed E-state index contributed by atoms with van der Waals surface area (Å²) in [6.45, 7) is 4.82. The zero-order chi connectivity index (χ0) is 38.1. The van der Waals surface area contributed by atoms with Gasteiger partial charge in [-0.1, -0.05) is 179 Å². The highest BCUT2D eigenvalue weighted by Gasteiger charge is 2.46. The molecule has 274 valence electrons. The van der Waals surface area contributed by atoms with Crippen molar-refractivity contribution in [2.24, 2.45) is 0 Å². The molecule has 0 radical (unpaired) electrons. The third-order valence-electron chi connectivity index (χ3n) is 13.3. The highest BCUT2D eigenvalue weighted by atomic mass is 14.9. The first-order valence-electron chi connectivity index (χ1n) is 20.6. The van der Waals surface area contributed by atoms with Gasteiger partial charge in [-0.3, -0.25) is 0 Å². The summed E-state index contributed by atoms with van der Waals surface area (Å²) < 4.78 is 0. The van der Waals surface area contributed by atoms with Crippen LogP contribution in [0, 0.1) is 0 Å². The first-order chi connectivity index (χ1) is 28.0. The van der Waals surface area contributed by atoms with Gasteiger partial charge in [-0.25, -0.2) is 9.97 Å². The lowest BCUT2D eigenvalue weighted by Gasteiger charge is -2.36. The van der Waals surface area contributed by atoms with Gasteiger partial charge in [0.1, 0.15) is 0 Å². The fourth-order valence-electron chi connectivity index (χ4n) is 10.3. The molecular weight excluding hydrogens is 689 g/mol. The first kappa shape index (κ1) is 33.9. The Kier molecular flexibility index (Phi) is 7.80. The summed E-state index contributed by atoms with van der Waals surface area (Å²) in [5, 5.41) is 0. The SMILES string of the molecule is CC1(C)c2ccc(-c3ccc(-c4cc(-c5ccccc5)nc(-c5ccc(-c6ccccc6)cc5)n4)cc3)cc2-c2cc3c(cc21)-c1ccccc1C31CCCCC1. The van der Waals surface area contributed by atoms with Gasteiger partial charge in [0, 0.05) is 27.5 Å². The predicted octanol–water partition coefficient (Wildman–Crippen LogP) is 14.3. The second kappa shape index (κ2) is 13.1. The molecule has 0 bridgehead atoms. The average molecular weight is 733 g/mol. The molecule has 1 spiro atoms. The Morgan fingerprint density at radius 2 is 0.842 bits per heavy atom. The predicted molar refractivity (Wildman–Crippen MR) is 236 cm³/mol. The molecule has 1 fully saturated rings. The number of rotatable bonds is 5. The number of aromatic nitrogens is 2. The Labute approximate surface area is 336 Å². The number of fused-ring (bicyclic) bond motifs is 8. The van der Waals surface area contributed by atoms with Crippen LogP contribution >= 0.6 is 0 Å². The van der Waals surface area contributed by atoms with E-state index in [1.807, 2.05) is 6.07 Å². The lowest BCUT2D eigenvalue weighted by atomic mass is 9.67. The molecule has 11 rings (SSSR count). The maximum Gasteiger partial charge on any atom is 0.160 e. The molecule has 0 aliphatic heterocycles. The minimum absolute atomic E-state index is 0.0671. The van der Waals surface area contributed by atoms with Crippen LogP contribution in [0.4, 0.5) is 0 Å². The molecule has 3 aliphatic carbocycles. The van der Waals surface area contributed by atoms with Gasteiger partial charge in [0.2, 0.25) is 0 Å². The molecule has 1 saturated carbocycles. The van der Waals surface area contributed by atoms with Gasteiger partial charge in [0.15, 0.2) is 5.82 Å². The highest BCUT2D eigenvalue weighted by molar-refractivity contribution is 5.91. The van der Waals surface area contributed by atoms with E-state index in [1.165, 1.54) is 87.7 Å². The molecule has 8 aromatic rings. The maximum atomic E-state index is 5.16. The summed E-state index contributed by atoms with van der Waals surface area (Å²) in [5.41, 5.74) is 21.6. The molecule has 1 heterocycles. The average Bonchev–Trinajstić information content (AvgIpc) is 3.66. The third kappa shape index (κ3) is 5.46. The zero-order valence-electron chi connectivity index (χ0n) is 32.6. The third-order valence-corrected chi connectivity index (χ3v) is 13.3. The molecule has 2 heteroatoms. The minimum atomic E-state index is -0.0671. The molecule has 0 amide bonds. The van der Waals surface area contributed by atoms with E-state index in [-0.39, 0.29) is 10.8 Å². The summed E-state index contributed by atoms with van der Waals surface area (Å²) in [7, 11) is 0. The Bertz CT molecular complexity index is 2810. The van der Waals surface area contributed by atoms with Crippen LogP contribution in [0.5, 0.6) is 0 Å². The van der Waals surface area contributed by atoms with Crippen LogP contribution in [0.25, 0.3) is 78.4 Å². The number of benzene rings is 7. The molecule has 1 aromatic heterocycles. The van der Waals surface area contributed by atoms with Gasteiger partial charge in [-0.05, 0) is 104 Å². The molecule has 0 atom stereocenters. The second-order valence-electron chi connectivity index (χ2n) is 16.9. The largest absolute Gasteiger partial charge is 0.228 e. The van der Waals surface area contributed by atoms with E-state index in [9.17, 15) is 0 Å². The van der Waals surface area contributed by atoms with Crippen LogP contribution in [0.1, 0.15) is 68.2 Å². The molecule has 0 N–H and O–H groups in total. The van der Waals surface area contributed by atoms with Crippen LogP contribution in [0.3, 0.4) is 0 Å². The van der Waals surface area contributed by atoms with E-state index in [0.717, 1.165) is 33.9 Å². The summed E-state index contributed by atoms with van der Waals surface area (Å²) in [4.78, 5) is 10.2. The maximum absolute atomic E-state index is 5.16. The van der Waals surface area contributed by atoms with E-state index in [4.69, 9.17) is 9.97 Å². The Hall–Kier alpha value is -6.38. The van der Waals surface area contributed by atoms with E-state index in [2.05, 4.69) is 178 Å². The van der Waals surface area contributed by atoms with Crippen LogP contribution in [0.15, 0.2) is 170 Å². The molecule has 0 unspecified atom stereocenters. The molecule has 2 nitrogen and oxygen atoms in total. The zero-order valence-corrected chi connectivity index (χ0v) is 32.6. The standard InChI is InChI=1S/C55H44N2/c1-54(2)47-29-28-42(32-44(47)46-34-50-45(33-49(46)54)43-18-10-11-19-48(43)55(50)30-12-5-13-31-55)38-20-24-40(25-21-38)52-35-51(39-16-8-4-9-17-39)56-53(57-52)41-26-22-37(23-27-41)36-14-6-3-7-15-36/h3-4,6-11,14-29,32-35H,5,12-13,30-31H2,1-2H3. The van der Waals surface area contributed by atoms with E-state index < -0.39 is 0 Å². The smallest absolute Gasteiger partial charge is 0.160 e. The second-order valence-corrected chi connectivity index (χ2v) is 16.9. The number of hydrogen-bond donors (Lipinski definition) is 0. The van der Waals surface area contributed by atoms with Crippen LogP contribution in [0.2, 0.25) is 0 Å². The van der Waals surface area contributed by atoms with Crippen LogP contribution in [-0.4, -0.2) is 9.97 Å². The summed E-state index contributed by atoms with van der Waals surface area (Å²) in [6, 6.07) is 62.2. The van der Waals surface area contributed by atoms with Crippen LogP contribution in [-0.2, 0) is 10.8 Å². The van der Waals surface area contributed by atoms with E-state index in [1.54, 1.807) is 11.1 Å². The van der Waals surface area contributed by atoms with Gasteiger partial charge >= 0.3 is 0 Å². The van der Waals surface area contributed by atoms with E-state index in [0.29, 0.717) is 0 Å².